The highest BCUT2D eigenvalue weighted by atomic mass is 19.4. The molecule has 1 heterocycles. The van der Waals surface area contributed by atoms with Gasteiger partial charge >= 0.3 is 18.3 Å². The van der Waals surface area contributed by atoms with Crippen LogP contribution in [0.4, 0.5) is 26.3 Å². The number of carbonyl (C=O) groups is 1. The number of nitrogens with zero attached hydrogens (tertiary/aromatic N) is 2. The number of rotatable bonds is 3. The molecule has 0 aliphatic carbocycles. The molecule has 24 heavy (non-hydrogen) atoms. The predicted molar refractivity (Wildman–Crippen MR) is 67.8 cm³/mol. The van der Waals surface area contributed by atoms with E-state index in [2.05, 4.69) is 14.9 Å². The largest absolute Gasteiger partial charge is 0.461 e. The topological polar surface area (TPSA) is 67.9 Å². The van der Waals surface area contributed by atoms with Crippen LogP contribution in [-0.2, 0) is 17.1 Å². The molecule has 0 radical (unpaired) electrons. The van der Waals surface area contributed by atoms with E-state index >= 15 is 0 Å². The number of halogens is 6. The van der Waals surface area contributed by atoms with E-state index in [9.17, 15) is 31.1 Å². The van der Waals surface area contributed by atoms with Crippen LogP contribution < -0.4 is 0 Å². The first-order valence-electron chi connectivity index (χ1n) is 6.42. The van der Waals surface area contributed by atoms with Crippen molar-refractivity contribution < 1.29 is 35.9 Å². The molecule has 0 bridgehead atoms. The van der Waals surface area contributed by atoms with Crippen molar-refractivity contribution in [3.05, 3.63) is 35.0 Å². The van der Waals surface area contributed by atoms with Gasteiger partial charge in [0.15, 0.2) is 5.69 Å². The lowest BCUT2D eigenvalue weighted by molar-refractivity contribution is -0.141. The van der Waals surface area contributed by atoms with E-state index in [0.717, 1.165) is 0 Å². The van der Waals surface area contributed by atoms with Crippen molar-refractivity contribution in [1.82, 2.24) is 15.4 Å². The number of H-pyrrole nitrogens is 1. The Kier molecular flexibility index (Phi) is 4.54. The Morgan fingerprint density at radius 2 is 1.79 bits per heavy atom. The minimum Gasteiger partial charge on any atom is -0.461 e. The lowest BCUT2D eigenvalue weighted by Crippen LogP contribution is -2.13. The fourth-order valence-corrected chi connectivity index (χ4v) is 1.92. The lowest BCUT2D eigenvalue weighted by atomic mass is 9.99. The molecule has 11 heteroatoms. The molecule has 0 unspecified atom stereocenters. The molecule has 0 fully saturated rings. The van der Waals surface area contributed by atoms with Gasteiger partial charge in [0.05, 0.1) is 17.7 Å². The average molecular weight is 353 g/mol. The van der Waals surface area contributed by atoms with Crippen molar-refractivity contribution in [1.29, 1.82) is 0 Å². The molecule has 0 aliphatic rings. The third-order valence-corrected chi connectivity index (χ3v) is 2.92. The number of aromatic nitrogens is 3. The highest BCUT2D eigenvalue weighted by Crippen LogP contribution is 2.40. The fraction of sp³-hybridized carbons (Fsp3) is 0.308. The summed E-state index contributed by atoms with van der Waals surface area (Å²) in [4.78, 5) is 11.7. The molecule has 0 atom stereocenters. The van der Waals surface area contributed by atoms with Gasteiger partial charge in [0.2, 0.25) is 0 Å². The number of carbonyl (C=O) groups excluding carboxylic acids is 1. The third-order valence-electron chi connectivity index (χ3n) is 2.92. The second-order valence-electron chi connectivity index (χ2n) is 4.50. The van der Waals surface area contributed by atoms with Gasteiger partial charge in [-0.05, 0) is 25.1 Å². The Bertz CT molecular complexity index is 751. The Labute approximate surface area is 130 Å². The van der Waals surface area contributed by atoms with E-state index in [1.807, 2.05) is 5.21 Å². The SMILES string of the molecule is CCOC(=O)c1n[nH]nc1-c1cc(C(F)(F)F)ccc1C(F)(F)F. The van der Waals surface area contributed by atoms with Gasteiger partial charge < -0.3 is 4.74 Å². The van der Waals surface area contributed by atoms with Crippen LogP contribution in [-0.4, -0.2) is 28.0 Å². The zero-order chi connectivity index (χ0) is 18.1. The predicted octanol–water partition coefficient (Wildman–Crippen LogP) is 3.69. The highest BCUT2D eigenvalue weighted by molar-refractivity contribution is 5.94. The van der Waals surface area contributed by atoms with Crippen molar-refractivity contribution in [2.45, 2.75) is 19.3 Å². The summed E-state index contributed by atoms with van der Waals surface area (Å²) < 4.78 is 82.3. The van der Waals surface area contributed by atoms with E-state index in [4.69, 9.17) is 0 Å². The first-order chi connectivity index (χ1) is 11.1. The van der Waals surface area contributed by atoms with Gasteiger partial charge in [-0.2, -0.15) is 36.7 Å². The number of hydrogen-bond acceptors (Lipinski definition) is 4. The molecule has 1 aromatic carbocycles. The summed E-state index contributed by atoms with van der Waals surface area (Å²) in [6, 6.07) is 0.849. The number of alkyl halides is 6. The molecule has 2 aromatic rings. The maximum absolute atomic E-state index is 13.1. The summed E-state index contributed by atoms with van der Waals surface area (Å²) in [7, 11) is 0. The number of ether oxygens (including phenoxy) is 1. The quantitative estimate of drug-likeness (QED) is 0.675. The maximum atomic E-state index is 13.1. The number of nitrogens with one attached hydrogen (secondary N) is 1. The summed E-state index contributed by atoms with van der Waals surface area (Å²) in [5, 5.41) is 8.67. The lowest BCUT2D eigenvalue weighted by Gasteiger charge is -2.15. The van der Waals surface area contributed by atoms with E-state index in [1.165, 1.54) is 6.92 Å². The minimum atomic E-state index is -4.95. The second-order valence-corrected chi connectivity index (χ2v) is 4.50. The zero-order valence-corrected chi connectivity index (χ0v) is 11.9. The Balaban J connectivity index is 2.68. The minimum absolute atomic E-state index is 0.0974. The van der Waals surface area contributed by atoms with Crippen LogP contribution in [0.25, 0.3) is 11.3 Å². The second kappa shape index (κ2) is 6.13. The Morgan fingerprint density at radius 1 is 1.12 bits per heavy atom. The highest BCUT2D eigenvalue weighted by Gasteiger charge is 2.39. The van der Waals surface area contributed by atoms with Gasteiger partial charge in [-0.15, -0.1) is 5.10 Å². The van der Waals surface area contributed by atoms with Crippen molar-refractivity contribution in [2.24, 2.45) is 0 Å². The summed E-state index contributed by atoms with van der Waals surface area (Å²) in [5.74, 6) is -1.10. The van der Waals surface area contributed by atoms with Crippen molar-refractivity contribution in [2.75, 3.05) is 6.61 Å². The van der Waals surface area contributed by atoms with Crippen LogP contribution in [0.1, 0.15) is 28.5 Å². The smallest absolute Gasteiger partial charge is 0.417 e. The van der Waals surface area contributed by atoms with Crippen molar-refractivity contribution in [3.63, 3.8) is 0 Å². The van der Waals surface area contributed by atoms with E-state index in [0.29, 0.717) is 6.07 Å². The Hall–Kier alpha value is -2.59. The standard InChI is InChI=1S/C13H9F6N3O2/c1-2-24-11(23)10-9(20-22-21-10)7-5-6(12(14,15)16)3-4-8(7)13(17,18)19/h3-5H,2H2,1H3,(H,20,21,22). The zero-order valence-electron chi connectivity index (χ0n) is 11.9. The molecular formula is C13H9F6N3O2. The molecule has 0 aliphatic heterocycles. The third kappa shape index (κ3) is 3.49. The molecule has 5 nitrogen and oxygen atoms in total. The number of aromatic amines is 1. The molecule has 0 spiro atoms. The van der Waals surface area contributed by atoms with Gasteiger partial charge in [-0.3, -0.25) is 0 Å². The average Bonchev–Trinajstić information content (AvgIpc) is 2.94. The summed E-state index contributed by atoms with van der Waals surface area (Å²) >= 11 is 0. The molecule has 1 aromatic heterocycles. The first-order valence-corrected chi connectivity index (χ1v) is 6.42. The Morgan fingerprint density at radius 3 is 2.33 bits per heavy atom. The molecule has 2 rings (SSSR count). The van der Waals surface area contributed by atoms with Gasteiger partial charge in [-0.1, -0.05) is 0 Å². The first kappa shape index (κ1) is 17.8. The summed E-state index contributed by atoms with van der Waals surface area (Å²) in [5.41, 5.74) is -4.93. The van der Waals surface area contributed by atoms with Gasteiger partial charge in [0.25, 0.3) is 0 Å². The molecule has 0 saturated heterocycles. The van der Waals surface area contributed by atoms with Crippen LogP contribution in [0.15, 0.2) is 18.2 Å². The van der Waals surface area contributed by atoms with Crippen LogP contribution in [0.5, 0.6) is 0 Å². The normalized spacial score (nSPS) is 12.3. The molecular weight excluding hydrogens is 344 g/mol. The van der Waals surface area contributed by atoms with Crippen molar-refractivity contribution >= 4 is 5.97 Å². The molecule has 0 saturated carbocycles. The maximum Gasteiger partial charge on any atom is 0.417 e. The van der Waals surface area contributed by atoms with Gasteiger partial charge in [0.1, 0.15) is 5.69 Å². The van der Waals surface area contributed by atoms with Gasteiger partial charge in [-0.25, -0.2) is 4.79 Å². The van der Waals surface area contributed by atoms with Crippen molar-refractivity contribution in [3.8, 4) is 11.3 Å². The van der Waals surface area contributed by atoms with Crippen LogP contribution >= 0.6 is 0 Å². The number of esters is 1. The van der Waals surface area contributed by atoms with E-state index < -0.39 is 46.4 Å². The fourth-order valence-electron chi connectivity index (χ4n) is 1.92. The van der Waals surface area contributed by atoms with E-state index in [1.54, 1.807) is 0 Å². The molecule has 0 amide bonds. The van der Waals surface area contributed by atoms with E-state index in [-0.39, 0.29) is 18.7 Å². The van der Waals surface area contributed by atoms with Crippen LogP contribution in [0.2, 0.25) is 0 Å². The van der Waals surface area contributed by atoms with Crippen LogP contribution in [0.3, 0.4) is 0 Å². The monoisotopic (exact) mass is 353 g/mol. The van der Waals surface area contributed by atoms with Gasteiger partial charge in [0, 0.05) is 5.56 Å². The summed E-state index contributed by atoms with van der Waals surface area (Å²) in [6.07, 6.45) is -9.82. The molecule has 1 N–H and O–H groups in total. The number of benzene rings is 1. The summed E-state index contributed by atoms with van der Waals surface area (Å²) in [6.45, 7) is 1.35. The molecule has 130 valence electrons. The number of hydrogen-bond donors (Lipinski definition) is 1. The van der Waals surface area contributed by atoms with Crippen LogP contribution in [0, 0.1) is 0 Å².